The number of anilines is 7. The maximum atomic E-state index is 3.94. The summed E-state index contributed by atoms with van der Waals surface area (Å²) in [6.07, 6.45) is 2.34. The third-order valence-corrected chi connectivity index (χ3v) is 22.3. The molecule has 9 aromatic carbocycles. The summed E-state index contributed by atoms with van der Waals surface area (Å²) in [5, 5.41) is 3.94. The lowest BCUT2D eigenvalue weighted by atomic mass is 9.43. The zero-order valence-corrected chi connectivity index (χ0v) is 42.5. The molecule has 1 aliphatic carbocycles. The molecule has 0 saturated heterocycles. The van der Waals surface area contributed by atoms with Crippen LogP contribution in [-0.4, -0.2) is 6.85 Å². The Balaban J connectivity index is 1.12. The Morgan fingerprint density at radius 3 is 1.76 bits per heavy atom. The third-order valence-electron chi connectivity index (χ3n) is 15.8. The van der Waals surface area contributed by atoms with Crippen LogP contribution < -0.4 is 26.0 Å². The molecule has 1 N–H and O–H groups in total. The molecule has 0 radical (unpaired) electrons. The van der Waals surface area contributed by atoms with E-state index in [1.165, 1.54) is 113 Å². The Bertz CT molecular complexity index is 3590. The largest absolute Gasteiger partial charge is 0.375 e. The maximum Gasteiger partial charge on any atom is 0.333 e. The molecule has 0 fully saturated rings. The monoisotopic (exact) mass is 957 g/mol. The fraction of sp³-hybridized carbons (Fsp3) is 0.143. The minimum Gasteiger partial charge on any atom is -0.375 e. The van der Waals surface area contributed by atoms with Crippen LogP contribution in [0.3, 0.4) is 0 Å². The van der Waals surface area contributed by atoms with E-state index in [1.807, 2.05) is 23.5 Å². The molecule has 0 unspecified atom stereocenters. The second kappa shape index (κ2) is 15.5. The maximum absolute atomic E-state index is 3.94. The van der Waals surface area contributed by atoms with Gasteiger partial charge in [-0.25, -0.2) is 0 Å². The van der Waals surface area contributed by atoms with Gasteiger partial charge in [0.1, 0.15) is 0 Å². The zero-order valence-electron chi connectivity index (χ0n) is 40.1. The van der Waals surface area contributed by atoms with E-state index in [2.05, 4.69) is 244 Å². The van der Waals surface area contributed by atoms with Crippen LogP contribution in [0.25, 0.3) is 11.1 Å². The molecule has 0 saturated carbocycles. The lowest BCUT2D eigenvalue weighted by Gasteiger charge is -2.55. The number of nitrogens with one attached hydrogen (secondary N) is 1. The summed E-state index contributed by atoms with van der Waals surface area (Å²) in [6.45, 7) is 12.1. The van der Waals surface area contributed by atoms with Gasteiger partial charge in [0.05, 0.1) is 5.69 Å². The number of rotatable bonds is 5. The van der Waals surface area contributed by atoms with Gasteiger partial charge in [-0.15, -0.1) is 10.0 Å². The highest BCUT2D eigenvalue weighted by molar-refractivity contribution is 8.34. The van der Waals surface area contributed by atoms with Crippen LogP contribution in [0.1, 0.15) is 57.2 Å². The summed E-state index contributed by atoms with van der Waals surface area (Å²) < 4.78 is 0. The molecule has 3 nitrogen and oxygen atoms in total. The molecular weight excluding hydrogens is 906 g/mol. The van der Waals surface area contributed by atoms with Gasteiger partial charge in [-0.2, -0.15) is 0 Å². The number of aryl methyl sites for hydroxylation is 1. The molecular formula is C63H52BN3S3. The molecule has 0 spiro atoms. The van der Waals surface area contributed by atoms with E-state index in [1.54, 1.807) is 0 Å². The minimum absolute atomic E-state index is 0.0375. The number of nitrogens with zero attached hydrogens (tertiary/aromatic N) is 2. The van der Waals surface area contributed by atoms with E-state index < -0.39 is 10.0 Å². The first kappa shape index (κ1) is 42.4. The van der Waals surface area contributed by atoms with Gasteiger partial charge < -0.3 is 15.0 Å². The van der Waals surface area contributed by atoms with Gasteiger partial charge in [0, 0.05) is 78.9 Å². The number of para-hydroxylation sites is 3. The summed E-state index contributed by atoms with van der Waals surface area (Å²) in [5.74, 6) is 0. The molecule has 5 aliphatic rings. The van der Waals surface area contributed by atoms with Crippen molar-refractivity contribution in [2.45, 2.75) is 97.5 Å². The summed E-state index contributed by atoms with van der Waals surface area (Å²) in [5.41, 5.74) is 18.1. The molecule has 0 aromatic heterocycles. The molecule has 7 heteroatoms. The number of hydrogen-bond donors (Lipinski definition) is 1. The predicted octanol–water partition coefficient (Wildman–Crippen LogP) is 17.1. The third kappa shape index (κ3) is 6.07. The van der Waals surface area contributed by atoms with Crippen molar-refractivity contribution < 1.29 is 0 Å². The van der Waals surface area contributed by atoms with Gasteiger partial charge in [-0.3, -0.25) is 0 Å². The second-order valence-electron chi connectivity index (χ2n) is 20.9. The van der Waals surface area contributed by atoms with E-state index in [0.717, 1.165) is 17.8 Å². The van der Waals surface area contributed by atoms with Crippen molar-refractivity contribution in [3.05, 3.63) is 211 Å². The fourth-order valence-electron chi connectivity index (χ4n) is 12.4. The molecule has 0 bridgehead atoms. The lowest BCUT2D eigenvalue weighted by Crippen LogP contribution is -2.62. The van der Waals surface area contributed by atoms with Crippen molar-refractivity contribution in [1.29, 1.82) is 0 Å². The molecule has 340 valence electrons. The Kier molecular flexibility index (Phi) is 9.38. The average Bonchev–Trinajstić information content (AvgIpc) is 3.38. The van der Waals surface area contributed by atoms with Crippen LogP contribution >= 0.6 is 33.6 Å². The molecule has 14 rings (SSSR count). The summed E-state index contributed by atoms with van der Waals surface area (Å²) in [6, 6.07) is 74.2. The topological polar surface area (TPSA) is 18.5 Å². The van der Waals surface area contributed by atoms with E-state index in [9.17, 15) is 0 Å². The first-order valence-corrected chi connectivity index (χ1v) is 27.9. The van der Waals surface area contributed by atoms with Crippen LogP contribution in [0.15, 0.2) is 233 Å². The van der Waals surface area contributed by atoms with Gasteiger partial charge in [-0.1, -0.05) is 148 Å². The second-order valence-corrected chi connectivity index (χ2v) is 26.1. The van der Waals surface area contributed by atoms with E-state index in [-0.39, 0.29) is 17.7 Å². The normalized spacial score (nSPS) is 17.1. The highest BCUT2D eigenvalue weighted by atomic mass is 32.3. The number of hydrogen-bond acceptors (Lipinski definition) is 5. The van der Waals surface area contributed by atoms with Crippen LogP contribution in [-0.2, 0) is 10.8 Å². The van der Waals surface area contributed by atoms with Crippen molar-refractivity contribution in [3.8, 4) is 11.1 Å². The van der Waals surface area contributed by atoms with Crippen molar-refractivity contribution in [3.63, 3.8) is 0 Å². The molecule has 0 atom stereocenters. The smallest absolute Gasteiger partial charge is 0.333 e. The number of benzene rings is 9. The first-order valence-electron chi connectivity index (χ1n) is 24.6. The van der Waals surface area contributed by atoms with Crippen molar-refractivity contribution in [2.75, 3.05) is 15.0 Å². The SMILES string of the molecule is Cc1cc2c(cc1N1c3cc4c(cc3B3c5c(cc(Nc6ccccc6)cc51)-c1cccc5c1N3c1ccccc1S5(c1ccccc1)c1ccccc1)Sc1ccccc1S4)C(C)(C)CCC2(C)C. The standard InChI is InChI=1S/C63H52BN3S3/c1-40-34-47-48(63(4,5)33-32-62(47,2)3)37-51(40)66-52-39-57-56(68-54-28-16-17-29-55(54)69-57)38-49(52)64-60-46(35-42(36-53(60)66)65-41-20-9-6-10-21-41)45-26-19-31-59-61(45)67(64)50-27-15-18-30-58(50)70(59,43-22-11-7-12-23-43)44-24-13-8-14-25-44/h6-31,34-39,65H,32-33H2,1-5H3. The van der Waals surface area contributed by atoms with Crippen molar-refractivity contribution in [1.82, 2.24) is 0 Å². The van der Waals surface area contributed by atoms with Crippen molar-refractivity contribution >= 4 is 91.1 Å². The van der Waals surface area contributed by atoms with E-state index >= 15 is 0 Å². The summed E-state index contributed by atoms with van der Waals surface area (Å²) >= 11 is 3.83. The Morgan fingerprint density at radius 2 is 1.07 bits per heavy atom. The molecule has 4 aliphatic heterocycles. The molecule has 9 aromatic rings. The van der Waals surface area contributed by atoms with Gasteiger partial charge in [0.2, 0.25) is 0 Å². The van der Waals surface area contributed by atoms with Gasteiger partial charge >= 0.3 is 6.85 Å². The highest BCUT2D eigenvalue weighted by Gasteiger charge is 2.52. The predicted molar refractivity (Wildman–Crippen MR) is 298 cm³/mol. The Morgan fingerprint density at radius 1 is 0.486 bits per heavy atom. The van der Waals surface area contributed by atoms with Crippen LogP contribution in [0.5, 0.6) is 0 Å². The van der Waals surface area contributed by atoms with Crippen molar-refractivity contribution in [2.24, 2.45) is 0 Å². The van der Waals surface area contributed by atoms with E-state index in [0.29, 0.717) is 0 Å². The Hall–Kier alpha value is -6.51. The minimum atomic E-state index is -1.98. The first-order chi connectivity index (χ1) is 34.1. The molecule has 4 heterocycles. The van der Waals surface area contributed by atoms with Crippen LogP contribution in [0.2, 0.25) is 0 Å². The molecule has 0 amide bonds. The summed E-state index contributed by atoms with van der Waals surface area (Å²) in [7, 11) is -1.98. The van der Waals surface area contributed by atoms with Gasteiger partial charge in [0.15, 0.2) is 0 Å². The van der Waals surface area contributed by atoms with E-state index in [4.69, 9.17) is 0 Å². The molecule has 70 heavy (non-hydrogen) atoms. The zero-order chi connectivity index (χ0) is 47.1. The average molecular weight is 958 g/mol. The lowest BCUT2D eigenvalue weighted by molar-refractivity contribution is 0.332. The van der Waals surface area contributed by atoms with Gasteiger partial charge in [0.25, 0.3) is 0 Å². The van der Waals surface area contributed by atoms with Crippen LogP contribution in [0, 0.1) is 6.92 Å². The highest BCUT2D eigenvalue weighted by Crippen LogP contribution is 2.80. The quantitative estimate of drug-likeness (QED) is 0.173. The number of fused-ring (bicyclic) bond motifs is 9. The van der Waals surface area contributed by atoms with Crippen LogP contribution in [0.4, 0.5) is 39.8 Å². The Labute approximate surface area is 422 Å². The summed E-state index contributed by atoms with van der Waals surface area (Å²) in [4.78, 5) is 16.2. The van der Waals surface area contributed by atoms with Gasteiger partial charge in [-0.05, 0) is 161 Å². The fourth-order valence-corrected chi connectivity index (χ4v) is 18.9.